The van der Waals surface area contributed by atoms with Crippen LogP contribution in [0.1, 0.15) is 40.3 Å². The fourth-order valence-corrected chi connectivity index (χ4v) is 8.21. The summed E-state index contributed by atoms with van der Waals surface area (Å²) in [6.07, 6.45) is 2.33. The van der Waals surface area contributed by atoms with Crippen molar-refractivity contribution in [3.8, 4) is 22.3 Å². The van der Waals surface area contributed by atoms with Crippen LogP contribution in [0.5, 0.6) is 0 Å². The first-order chi connectivity index (χ1) is 28.0. The van der Waals surface area contributed by atoms with Crippen LogP contribution in [0, 0.1) is 6.92 Å². The molecule has 8 aromatic rings. The smallest absolute Gasteiger partial charge is 0.0748 e. The fourth-order valence-electron chi connectivity index (χ4n) is 8.21. The van der Waals surface area contributed by atoms with E-state index in [-0.39, 0.29) is 0 Å². The Morgan fingerprint density at radius 3 is 2.11 bits per heavy atom. The predicted molar refractivity (Wildman–Crippen MR) is 245 cm³/mol. The number of aryl methyl sites for hydroxylation is 1. The maximum atomic E-state index is 5.47. The monoisotopic (exact) mass is 733 g/mol. The van der Waals surface area contributed by atoms with Gasteiger partial charge in [-0.3, -0.25) is 9.98 Å². The Hall–Kier alpha value is -7.10. The highest BCUT2D eigenvalue weighted by Gasteiger charge is 2.18. The quantitative estimate of drug-likeness (QED) is 0.116. The molecule has 0 aromatic heterocycles. The number of hydrogen-bond donors (Lipinski definition) is 1. The van der Waals surface area contributed by atoms with E-state index in [1.165, 1.54) is 54.9 Å². The summed E-state index contributed by atoms with van der Waals surface area (Å²) in [4.78, 5) is 10.2. The summed E-state index contributed by atoms with van der Waals surface area (Å²) in [7, 11) is 0. The van der Waals surface area contributed by atoms with Crippen molar-refractivity contribution < 1.29 is 0 Å². The van der Waals surface area contributed by atoms with Crippen LogP contribution in [0.4, 0.5) is 5.69 Å². The summed E-state index contributed by atoms with van der Waals surface area (Å²) < 4.78 is 0. The molecule has 1 heterocycles. The highest BCUT2D eigenvalue weighted by Crippen LogP contribution is 2.38. The van der Waals surface area contributed by atoms with Gasteiger partial charge in [0.05, 0.1) is 18.0 Å². The lowest BCUT2D eigenvalue weighted by atomic mass is 9.89. The van der Waals surface area contributed by atoms with E-state index in [4.69, 9.17) is 9.98 Å². The molecule has 1 N–H and O–H groups in total. The molecule has 274 valence electrons. The van der Waals surface area contributed by atoms with Gasteiger partial charge in [-0.05, 0) is 135 Å². The van der Waals surface area contributed by atoms with E-state index in [9.17, 15) is 0 Å². The summed E-state index contributed by atoms with van der Waals surface area (Å²) >= 11 is 0. The number of nitrogens with one attached hydrogen (secondary N) is 1. The first-order valence-electron chi connectivity index (χ1n) is 19.6. The maximum Gasteiger partial charge on any atom is 0.0748 e. The third kappa shape index (κ3) is 7.12. The SMILES string of the molecule is C=N/C(=C(/C)C(=NCc1cc(C2=Cc3ccccc3NC2)cc(-c2cc3ccccc3c3ccccc23)c1)c1ccccc1)c1cc(-c2ccccc2)ccc1C. The van der Waals surface area contributed by atoms with E-state index in [1.54, 1.807) is 0 Å². The minimum Gasteiger partial charge on any atom is -0.380 e. The topological polar surface area (TPSA) is 36.8 Å². The molecule has 57 heavy (non-hydrogen) atoms. The Balaban J connectivity index is 1.21. The molecule has 0 spiro atoms. The Morgan fingerprint density at radius 1 is 0.614 bits per heavy atom. The van der Waals surface area contributed by atoms with Crippen molar-refractivity contribution >= 4 is 57.0 Å². The van der Waals surface area contributed by atoms with Crippen LogP contribution >= 0.6 is 0 Å². The van der Waals surface area contributed by atoms with Crippen LogP contribution in [-0.2, 0) is 6.54 Å². The van der Waals surface area contributed by atoms with E-state index in [1.807, 2.05) is 12.1 Å². The van der Waals surface area contributed by atoms with Crippen molar-refractivity contribution in [3.63, 3.8) is 0 Å². The standard InChI is InChI=1S/C54H43N3/c1-36-26-27-41(39-16-6-4-7-17-39)32-50(36)54(55-3)37(2)53(40-18-8-5-9-19-40)57-34-38-28-44(46-30-43-21-11-15-25-52(43)56-35-46)31-45(29-38)51-33-42-20-10-12-22-47(42)48-23-13-14-24-49(48)51/h4-33,56H,3,34-35H2,1-2H3/b54-37-,57-53?. The highest BCUT2D eigenvalue weighted by atomic mass is 14.9. The molecule has 0 fully saturated rings. The van der Waals surface area contributed by atoms with Gasteiger partial charge < -0.3 is 5.32 Å². The number of benzene rings is 8. The van der Waals surface area contributed by atoms with Gasteiger partial charge in [0.1, 0.15) is 0 Å². The molecule has 0 saturated carbocycles. The van der Waals surface area contributed by atoms with Crippen molar-refractivity contribution in [1.82, 2.24) is 0 Å². The molecule has 3 heteroatoms. The normalized spacial score (nSPS) is 13.1. The van der Waals surface area contributed by atoms with Gasteiger partial charge >= 0.3 is 0 Å². The van der Waals surface area contributed by atoms with Crippen LogP contribution in [0.3, 0.4) is 0 Å². The number of para-hydroxylation sites is 1. The number of allylic oxidation sites excluding steroid dienone is 1. The molecule has 0 unspecified atom stereocenters. The largest absolute Gasteiger partial charge is 0.380 e. The first-order valence-corrected chi connectivity index (χ1v) is 19.6. The summed E-state index contributed by atoms with van der Waals surface area (Å²) in [5.41, 5.74) is 16.6. The molecule has 0 radical (unpaired) electrons. The maximum absolute atomic E-state index is 5.47. The third-order valence-electron chi connectivity index (χ3n) is 11.1. The van der Waals surface area contributed by atoms with Crippen LogP contribution in [0.15, 0.2) is 191 Å². The predicted octanol–water partition coefficient (Wildman–Crippen LogP) is 13.7. The summed E-state index contributed by atoms with van der Waals surface area (Å²) in [6.45, 7) is 9.59. The Kier molecular flexibility index (Phi) is 9.72. The van der Waals surface area contributed by atoms with Gasteiger partial charge in [0, 0.05) is 28.9 Å². The molecule has 0 atom stereocenters. The zero-order chi connectivity index (χ0) is 38.7. The van der Waals surface area contributed by atoms with E-state index in [0.717, 1.165) is 57.0 Å². The molecule has 0 amide bonds. The number of nitrogens with zero attached hydrogens (tertiary/aromatic N) is 2. The first kappa shape index (κ1) is 35.6. The molecular formula is C54H43N3. The minimum absolute atomic E-state index is 0.485. The molecule has 0 aliphatic carbocycles. The molecule has 9 rings (SSSR count). The second kappa shape index (κ2) is 15.6. The molecule has 0 bridgehead atoms. The highest BCUT2D eigenvalue weighted by molar-refractivity contribution is 6.17. The molecular weight excluding hydrogens is 691 g/mol. The van der Waals surface area contributed by atoms with E-state index >= 15 is 0 Å². The average Bonchev–Trinajstić information content (AvgIpc) is 3.27. The number of rotatable bonds is 9. The van der Waals surface area contributed by atoms with Crippen molar-refractivity contribution in [1.29, 1.82) is 0 Å². The minimum atomic E-state index is 0.485. The lowest BCUT2D eigenvalue weighted by molar-refractivity contribution is 1.06. The van der Waals surface area contributed by atoms with Gasteiger partial charge in [-0.2, -0.15) is 0 Å². The van der Waals surface area contributed by atoms with Gasteiger partial charge in [-0.15, -0.1) is 0 Å². The zero-order valence-electron chi connectivity index (χ0n) is 32.3. The molecule has 0 saturated heterocycles. The van der Waals surface area contributed by atoms with Crippen molar-refractivity contribution in [2.75, 3.05) is 11.9 Å². The van der Waals surface area contributed by atoms with Crippen LogP contribution in [-0.4, -0.2) is 19.0 Å². The second-order valence-corrected chi connectivity index (χ2v) is 14.8. The fraction of sp³-hybridized carbons (Fsp3) is 0.0741. The Bertz CT molecular complexity index is 2900. The number of hydrogen-bond acceptors (Lipinski definition) is 3. The van der Waals surface area contributed by atoms with Gasteiger partial charge in [0.2, 0.25) is 0 Å². The molecule has 1 aliphatic rings. The number of fused-ring (bicyclic) bond motifs is 4. The van der Waals surface area contributed by atoms with Crippen molar-refractivity contribution in [3.05, 3.63) is 215 Å². The van der Waals surface area contributed by atoms with Crippen molar-refractivity contribution in [2.45, 2.75) is 20.4 Å². The van der Waals surface area contributed by atoms with Gasteiger partial charge in [0.25, 0.3) is 0 Å². The molecule has 3 nitrogen and oxygen atoms in total. The summed E-state index contributed by atoms with van der Waals surface area (Å²) in [5.74, 6) is 0. The van der Waals surface area contributed by atoms with Crippen LogP contribution in [0.2, 0.25) is 0 Å². The van der Waals surface area contributed by atoms with E-state index in [0.29, 0.717) is 6.54 Å². The van der Waals surface area contributed by atoms with Gasteiger partial charge in [0.15, 0.2) is 0 Å². The van der Waals surface area contributed by atoms with Crippen LogP contribution < -0.4 is 5.32 Å². The van der Waals surface area contributed by atoms with Crippen molar-refractivity contribution in [2.24, 2.45) is 9.98 Å². The summed E-state index contributed by atoms with van der Waals surface area (Å²) in [5, 5.41) is 8.65. The van der Waals surface area contributed by atoms with E-state index < -0.39 is 0 Å². The number of aliphatic imine (C=N–C) groups is 2. The summed E-state index contributed by atoms with van der Waals surface area (Å²) in [6, 6.07) is 62.9. The average molecular weight is 734 g/mol. The Morgan fingerprint density at radius 2 is 1.30 bits per heavy atom. The molecule has 1 aliphatic heterocycles. The number of anilines is 1. The lowest BCUT2D eigenvalue weighted by Crippen LogP contribution is -2.10. The van der Waals surface area contributed by atoms with Gasteiger partial charge in [-0.1, -0.05) is 140 Å². The molecule has 8 aromatic carbocycles. The van der Waals surface area contributed by atoms with Gasteiger partial charge in [-0.25, -0.2) is 0 Å². The third-order valence-corrected chi connectivity index (χ3v) is 11.1. The second-order valence-electron chi connectivity index (χ2n) is 14.8. The lowest BCUT2D eigenvalue weighted by Gasteiger charge is -2.20. The zero-order valence-corrected chi connectivity index (χ0v) is 32.3. The Labute approximate surface area is 335 Å². The van der Waals surface area contributed by atoms with E-state index in [2.05, 4.69) is 196 Å². The van der Waals surface area contributed by atoms with Crippen LogP contribution in [0.25, 0.3) is 61.1 Å².